The number of aliphatic hydroxyl groups is 1. The molecule has 2 rings (SSSR count). The van der Waals surface area contributed by atoms with Crippen molar-refractivity contribution in [3.05, 3.63) is 18.2 Å². The number of aromatic nitrogens is 1. The number of primary sulfonamides is 1. The van der Waals surface area contributed by atoms with E-state index in [4.69, 9.17) is 15.0 Å². The van der Waals surface area contributed by atoms with Crippen molar-refractivity contribution in [1.29, 1.82) is 0 Å². The minimum Gasteiger partial charge on any atom is -0.426 e. The van der Waals surface area contributed by atoms with E-state index in [0.29, 0.717) is 10.2 Å². The Hall–Kier alpha value is -1.55. The monoisotopic (exact) mass is 330 g/mol. The average molecular weight is 330 g/mol. The average Bonchev–Trinajstić information content (AvgIpc) is 2.81. The second-order valence-corrected chi connectivity index (χ2v) is 7.85. The Morgan fingerprint density at radius 3 is 2.71 bits per heavy atom. The fraction of sp³-hybridized carbons (Fsp3) is 0.333. The van der Waals surface area contributed by atoms with Gasteiger partial charge in [0.2, 0.25) is 4.34 Å². The van der Waals surface area contributed by atoms with Crippen LogP contribution < -0.4 is 9.88 Å². The molecule has 0 atom stereocenters. The van der Waals surface area contributed by atoms with Crippen molar-refractivity contribution in [2.45, 2.75) is 18.2 Å². The fourth-order valence-electron chi connectivity index (χ4n) is 1.38. The van der Waals surface area contributed by atoms with Crippen LogP contribution in [-0.4, -0.2) is 31.1 Å². The third-order valence-electron chi connectivity index (χ3n) is 2.74. The minimum absolute atomic E-state index is 0.198. The lowest BCUT2D eigenvalue weighted by Gasteiger charge is -2.19. The Morgan fingerprint density at radius 1 is 1.48 bits per heavy atom. The van der Waals surface area contributed by atoms with Gasteiger partial charge in [0.15, 0.2) is 0 Å². The first-order valence-electron chi connectivity index (χ1n) is 5.90. The molecule has 2 aromatic rings. The molecule has 1 heterocycles. The number of sulfonamides is 1. The molecule has 0 fully saturated rings. The molecule has 0 saturated heterocycles. The van der Waals surface area contributed by atoms with Gasteiger partial charge in [0, 0.05) is 6.07 Å². The van der Waals surface area contributed by atoms with Crippen LogP contribution in [0, 0.1) is 5.41 Å². The lowest BCUT2D eigenvalue weighted by atomic mass is 9.95. The summed E-state index contributed by atoms with van der Waals surface area (Å²) in [6, 6.07) is 4.54. The number of nitrogens with zero attached hydrogens (tertiary/aromatic N) is 1. The molecule has 0 aliphatic rings. The second-order valence-electron chi connectivity index (χ2n) is 5.09. The van der Waals surface area contributed by atoms with Gasteiger partial charge in [0.1, 0.15) is 5.75 Å². The van der Waals surface area contributed by atoms with Crippen LogP contribution in [0.2, 0.25) is 0 Å². The van der Waals surface area contributed by atoms with Crippen LogP contribution in [0.15, 0.2) is 22.5 Å². The van der Waals surface area contributed by atoms with Crippen LogP contribution in [0.5, 0.6) is 5.75 Å². The number of aliphatic hydroxyl groups excluding tert-OH is 1. The third-order valence-corrected chi connectivity index (χ3v) is 5.08. The molecule has 9 heteroatoms. The summed E-state index contributed by atoms with van der Waals surface area (Å²) < 4.78 is 28.0. The van der Waals surface area contributed by atoms with E-state index in [-0.39, 0.29) is 16.7 Å². The summed E-state index contributed by atoms with van der Waals surface area (Å²) in [7, 11) is -3.86. The van der Waals surface area contributed by atoms with Gasteiger partial charge < -0.3 is 9.84 Å². The first-order valence-corrected chi connectivity index (χ1v) is 8.26. The highest BCUT2D eigenvalue weighted by atomic mass is 32.2. The van der Waals surface area contributed by atoms with Crippen molar-refractivity contribution in [3.63, 3.8) is 0 Å². The molecule has 114 valence electrons. The zero-order valence-corrected chi connectivity index (χ0v) is 13.0. The van der Waals surface area contributed by atoms with E-state index < -0.39 is 21.4 Å². The first kappa shape index (κ1) is 15.8. The molecule has 0 radical (unpaired) electrons. The molecule has 0 aliphatic carbocycles. The van der Waals surface area contributed by atoms with E-state index >= 15 is 0 Å². The number of hydrogen-bond donors (Lipinski definition) is 2. The molecule has 1 aromatic heterocycles. The summed E-state index contributed by atoms with van der Waals surface area (Å²) >= 11 is 0.894. The number of thiazole rings is 1. The maximum atomic E-state index is 11.9. The molecule has 21 heavy (non-hydrogen) atoms. The van der Waals surface area contributed by atoms with Crippen LogP contribution in [0.1, 0.15) is 13.8 Å². The molecule has 1 aromatic carbocycles. The molecule has 0 bridgehead atoms. The maximum Gasteiger partial charge on any atom is 0.319 e. The van der Waals surface area contributed by atoms with Gasteiger partial charge in [-0.05, 0) is 26.0 Å². The van der Waals surface area contributed by atoms with Gasteiger partial charge in [-0.15, -0.1) is 11.3 Å². The van der Waals surface area contributed by atoms with Crippen LogP contribution >= 0.6 is 11.3 Å². The van der Waals surface area contributed by atoms with Gasteiger partial charge in [0.05, 0.1) is 22.2 Å². The fourth-order valence-corrected chi connectivity index (χ4v) is 3.06. The molecule has 0 spiro atoms. The summed E-state index contributed by atoms with van der Waals surface area (Å²) in [4.78, 5) is 15.7. The first-order chi connectivity index (χ1) is 9.63. The maximum absolute atomic E-state index is 11.9. The zero-order chi connectivity index (χ0) is 15.8. The number of ether oxygens (including phenoxy) is 1. The quantitative estimate of drug-likeness (QED) is 0.634. The van der Waals surface area contributed by atoms with Gasteiger partial charge in [-0.25, -0.2) is 18.5 Å². The number of carbonyl (C=O) groups excluding carboxylic acids is 1. The van der Waals surface area contributed by atoms with E-state index in [2.05, 4.69) is 4.98 Å². The molecule has 0 aliphatic heterocycles. The molecule has 0 saturated carbocycles. The highest BCUT2D eigenvalue weighted by molar-refractivity contribution is 7.91. The number of hydrogen-bond acceptors (Lipinski definition) is 7. The van der Waals surface area contributed by atoms with Gasteiger partial charge in [-0.3, -0.25) is 4.79 Å². The van der Waals surface area contributed by atoms with Crippen molar-refractivity contribution in [2.24, 2.45) is 10.6 Å². The normalized spacial score (nSPS) is 12.6. The predicted octanol–water partition coefficient (Wildman–Crippen LogP) is 0.868. The smallest absolute Gasteiger partial charge is 0.319 e. The summed E-state index contributed by atoms with van der Waals surface area (Å²) in [6.07, 6.45) is 0. The van der Waals surface area contributed by atoms with Gasteiger partial charge >= 0.3 is 5.97 Å². The topological polar surface area (TPSA) is 120 Å². The van der Waals surface area contributed by atoms with Crippen LogP contribution in [0.25, 0.3) is 10.2 Å². The van der Waals surface area contributed by atoms with Crippen molar-refractivity contribution in [2.75, 3.05) is 6.61 Å². The van der Waals surface area contributed by atoms with Crippen molar-refractivity contribution in [1.82, 2.24) is 4.98 Å². The number of carbonyl (C=O) groups is 1. The Balaban J connectivity index is 2.34. The Kier molecular flexibility index (Phi) is 4.02. The lowest BCUT2D eigenvalue weighted by Crippen LogP contribution is -2.32. The summed E-state index contributed by atoms with van der Waals surface area (Å²) in [5.41, 5.74) is -0.570. The molecular formula is C12H14N2O5S2. The van der Waals surface area contributed by atoms with Crippen LogP contribution in [-0.2, 0) is 14.8 Å². The van der Waals surface area contributed by atoms with Crippen LogP contribution in [0.3, 0.4) is 0 Å². The number of nitrogens with two attached hydrogens (primary N) is 1. The molecule has 0 amide bonds. The van der Waals surface area contributed by atoms with E-state index in [1.54, 1.807) is 13.8 Å². The summed E-state index contributed by atoms with van der Waals surface area (Å²) in [6.45, 7) is 2.77. The molecular weight excluding hydrogens is 316 g/mol. The van der Waals surface area contributed by atoms with E-state index in [0.717, 1.165) is 11.3 Å². The SMILES string of the molecule is CC(C)(CO)C(=O)Oc1ccc2nc(S(N)(=O)=O)sc2c1. The second kappa shape index (κ2) is 5.34. The number of fused-ring (bicyclic) bond motifs is 1. The minimum atomic E-state index is -3.86. The lowest BCUT2D eigenvalue weighted by molar-refractivity contribution is -0.146. The molecule has 7 nitrogen and oxygen atoms in total. The predicted molar refractivity (Wildman–Crippen MR) is 77.5 cm³/mol. The summed E-state index contributed by atoms with van der Waals surface area (Å²) in [5, 5.41) is 14.1. The Morgan fingerprint density at radius 2 is 2.14 bits per heavy atom. The third kappa shape index (κ3) is 3.38. The van der Waals surface area contributed by atoms with Crippen LogP contribution in [0.4, 0.5) is 0 Å². The Labute approximate surface area is 125 Å². The van der Waals surface area contributed by atoms with Crippen molar-refractivity contribution in [3.8, 4) is 5.75 Å². The number of rotatable bonds is 4. The summed E-state index contributed by atoms with van der Waals surface area (Å²) in [5.74, 6) is -0.334. The van der Waals surface area contributed by atoms with E-state index in [9.17, 15) is 13.2 Å². The molecule has 3 N–H and O–H groups in total. The van der Waals surface area contributed by atoms with Gasteiger partial charge in [-0.1, -0.05) is 0 Å². The van der Waals surface area contributed by atoms with Crippen molar-refractivity contribution >= 4 is 37.5 Å². The standard InChI is InChI=1S/C12H14N2O5S2/c1-12(2,6-15)10(16)19-7-3-4-8-9(5-7)20-11(14-8)21(13,17)18/h3-5,15H,6H2,1-2H3,(H2,13,17,18). The Bertz CT molecular complexity index is 795. The zero-order valence-electron chi connectivity index (χ0n) is 11.4. The number of benzene rings is 1. The largest absolute Gasteiger partial charge is 0.426 e. The van der Waals surface area contributed by atoms with Crippen molar-refractivity contribution < 1.29 is 23.1 Å². The van der Waals surface area contributed by atoms with E-state index in [1.807, 2.05) is 0 Å². The number of esters is 1. The van der Waals surface area contributed by atoms with Gasteiger partial charge in [-0.2, -0.15) is 0 Å². The molecule has 0 unspecified atom stereocenters. The highest BCUT2D eigenvalue weighted by Gasteiger charge is 2.29. The highest BCUT2D eigenvalue weighted by Crippen LogP contribution is 2.29. The van der Waals surface area contributed by atoms with E-state index in [1.165, 1.54) is 18.2 Å². The van der Waals surface area contributed by atoms with Gasteiger partial charge in [0.25, 0.3) is 10.0 Å².